The maximum Gasteiger partial charge on any atom is 0.238 e. The van der Waals surface area contributed by atoms with Gasteiger partial charge in [0.1, 0.15) is 11.9 Å². The number of fused-ring (bicyclic) bond motifs is 1. The highest BCUT2D eigenvalue weighted by atomic mass is 32.2. The molecule has 0 radical (unpaired) electrons. The van der Waals surface area contributed by atoms with Crippen LogP contribution in [0, 0.1) is 0 Å². The summed E-state index contributed by atoms with van der Waals surface area (Å²) < 4.78 is 28.5. The average molecular weight is 418 g/mol. The molecule has 3 N–H and O–H groups in total. The van der Waals surface area contributed by atoms with E-state index in [-0.39, 0.29) is 16.9 Å². The maximum atomic E-state index is 12.2. The van der Waals surface area contributed by atoms with E-state index >= 15 is 0 Å². The SMILES string of the molecule is CC1CN(CCC(=O)NCCc2ccc(S(N)(=O)=O)cc2)Cc2ccccc2O1. The molecule has 0 saturated carbocycles. The predicted molar refractivity (Wildman–Crippen MR) is 111 cm³/mol. The van der Waals surface area contributed by atoms with Crippen molar-refractivity contribution in [3.05, 3.63) is 59.7 Å². The lowest BCUT2D eigenvalue weighted by Gasteiger charge is -2.21. The molecule has 1 aliphatic heterocycles. The summed E-state index contributed by atoms with van der Waals surface area (Å²) in [6.07, 6.45) is 1.11. The molecule has 0 saturated heterocycles. The van der Waals surface area contributed by atoms with Crippen LogP contribution in [0.2, 0.25) is 0 Å². The van der Waals surface area contributed by atoms with Crippen molar-refractivity contribution < 1.29 is 17.9 Å². The minimum atomic E-state index is -3.68. The molecule has 0 spiro atoms. The first-order chi connectivity index (χ1) is 13.8. The Morgan fingerprint density at radius 2 is 1.93 bits per heavy atom. The molecule has 8 heteroatoms. The van der Waals surface area contributed by atoms with Crippen molar-refractivity contribution in [2.45, 2.75) is 37.3 Å². The zero-order chi connectivity index (χ0) is 20.9. The fourth-order valence-corrected chi connectivity index (χ4v) is 3.90. The molecule has 1 aliphatic rings. The third-order valence-corrected chi connectivity index (χ3v) is 5.78. The summed E-state index contributed by atoms with van der Waals surface area (Å²) in [5.41, 5.74) is 2.08. The summed E-state index contributed by atoms with van der Waals surface area (Å²) in [6.45, 7) is 4.74. The summed E-state index contributed by atoms with van der Waals surface area (Å²) in [5, 5.41) is 8.01. The van der Waals surface area contributed by atoms with Gasteiger partial charge >= 0.3 is 0 Å². The first kappa shape index (κ1) is 21.3. The Bertz CT molecular complexity index is 945. The van der Waals surface area contributed by atoms with E-state index in [1.54, 1.807) is 12.1 Å². The molecule has 7 nitrogen and oxygen atoms in total. The van der Waals surface area contributed by atoms with Gasteiger partial charge < -0.3 is 10.1 Å². The molecule has 0 aliphatic carbocycles. The van der Waals surface area contributed by atoms with Crippen molar-refractivity contribution in [1.82, 2.24) is 10.2 Å². The Morgan fingerprint density at radius 3 is 2.66 bits per heavy atom. The second kappa shape index (κ2) is 9.39. The number of ether oxygens (including phenoxy) is 1. The summed E-state index contributed by atoms with van der Waals surface area (Å²) in [7, 11) is -3.68. The van der Waals surface area contributed by atoms with Gasteiger partial charge in [-0.15, -0.1) is 0 Å². The van der Waals surface area contributed by atoms with Crippen molar-refractivity contribution in [3.8, 4) is 5.75 Å². The number of carbonyl (C=O) groups excluding carboxylic acids is 1. The van der Waals surface area contributed by atoms with E-state index in [0.717, 1.165) is 30.0 Å². The second-order valence-corrected chi connectivity index (χ2v) is 8.87. The summed E-state index contributed by atoms with van der Waals surface area (Å²) in [5.74, 6) is 0.915. The van der Waals surface area contributed by atoms with Gasteiger partial charge in [-0.1, -0.05) is 30.3 Å². The molecule has 0 aromatic heterocycles. The van der Waals surface area contributed by atoms with E-state index in [9.17, 15) is 13.2 Å². The van der Waals surface area contributed by atoms with Crippen LogP contribution in [-0.4, -0.2) is 45.0 Å². The van der Waals surface area contributed by atoms with Gasteiger partial charge in [0, 0.05) is 38.2 Å². The molecular formula is C21H27N3O4S. The number of para-hydroxylation sites is 1. The third-order valence-electron chi connectivity index (χ3n) is 4.85. The Hall–Kier alpha value is -2.42. The van der Waals surface area contributed by atoms with E-state index in [1.807, 2.05) is 25.1 Å². The first-order valence-electron chi connectivity index (χ1n) is 9.66. The van der Waals surface area contributed by atoms with Crippen molar-refractivity contribution in [3.63, 3.8) is 0 Å². The zero-order valence-corrected chi connectivity index (χ0v) is 17.3. The highest BCUT2D eigenvalue weighted by Gasteiger charge is 2.20. The zero-order valence-electron chi connectivity index (χ0n) is 16.5. The van der Waals surface area contributed by atoms with Crippen molar-refractivity contribution >= 4 is 15.9 Å². The minimum Gasteiger partial charge on any atom is -0.489 e. The lowest BCUT2D eigenvalue weighted by atomic mass is 10.1. The molecule has 3 rings (SSSR count). The molecule has 1 atom stereocenters. The predicted octanol–water partition coefficient (Wildman–Crippen LogP) is 1.67. The van der Waals surface area contributed by atoms with Gasteiger partial charge in [-0.2, -0.15) is 0 Å². The Morgan fingerprint density at radius 1 is 1.21 bits per heavy atom. The number of nitrogens with two attached hydrogens (primary N) is 1. The summed E-state index contributed by atoms with van der Waals surface area (Å²) in [4.78, 5) is 14.5. The van der Waals surface area contributed by atoms with Gasteiger partial charge in [0.25, 0.3) is 0 Å². The normalized spacial score (nSPS) is 17.1. The van der Waals surface area contributed by atoms with Gasteiger partial charge in [0.05, 0.1) is 4.90 Å². The van der Waals surface area contributed by atoms with E-state index in [0.29, 0.717) is 25.9 Å². The second-order valence-electron chi connectivity index (χ2n) is 7.31. The molecule has 2 aromatic carbocycles. The van der Waals surface area contributed by atoms with Crippen LogP contribution in [0.5, 0.6) is 5.75 Å². The van der Waals surface area contributed by atoms with Crippen molar-refractivity contribution in [2.24, 2.45) is 5.14 Å². The number of hydrogen-bond acceptors (Lipinski definition) is 5. The largest absolute Gasteiger partial charge is 0.489 e. The van der Waals surface area contributed by atoms with Gasteiger partial charge in [-0.05, 0) is 37.1 Å². The van der Waals surface area contributed by atoms with Crippen LogP contribution < -0.4 is 15.2 Å². The van der Waals surface area contributed by atoms with Crippen molar-refractivity contribution in [2.75, 3.05) is 19.6 Å². The number of rotatable bonds is 7. The third kappa shape index (κ3) is 6.28. The number of primary sulfonamides is 1. The fourth-order valence-electron chi connectivity index (χ4n) is 3.38. The number of nitrogens with zero attached hydrogens (tertiary/aromatic N) is 1. The highest BCUT2D eigenvalue weighted by molar-refractivity contribution is 7.89. The van der Waals surface area contributed by atoms with Crippen LogP contribution in [0.25, 0.3) is 0 Å². The minimum absolute atomic E-state index is 0.00254. The smallest absolute Gasteiger partial charge is 0.238 e. The number of amides is 1. The number of hydrogen-bond donors (Lipinski definition) is 2. The molecule has 1 heterocycles. The van der Waals surface area contributed by atoms with Crippen LogP contribution >= 0.6 is 0 Å². The fraction of sp³-hybridized carbons (Fsp3) is 0.381. The lowest BCUT2D eigenvalue weighted by molar-refractivity contribution is -0.121. The monoisotopic (exact) mass is 417 g/mol. The quantitative estimate of drug-likeness (QED) is 0.714. The van der Waals surface area contributed by atoms with Crippen LogP contribution in [0.15, 0.2) is 53.4 Å². The van der Waals surface area contributed by atoms with Crippen LogP contribution in [0.1, 0.15) is 24.5 Å². The molecular weight excluding hydrogens is 390 g/mol. The maximum absolute atomic E-state index is 12.2. The van der Waals surface area contributed by atoms with Crippen LogP contribution in [0.4, 0.5) is 0 Å². The first-order valence-corrected chi connectivity index (χ1v) is 11.2. The van der Waals surface area contributed by atoms with E-state index < -0.39 is 10.0 Å². The van der Waals surface area contributed by atoms with Gasteiger partial charge in [0.15, 0.2) is 0 Å². The molecule has 1 amide bonds. The van der Waals surface area contributed by atoms with Crippen LogP contribution in [0.3, 0.4) is 0 Å². The van der Waals surface area contributed by atoms with Crippen molar-refractivity contribution in [1.29, 1.82) is 0 Å². The number of benzene rings is 2. The Kier molecular flexibility index (Phi) is 6.89. The molecule has 2 aromatic rings. The van der Waals surface area contributed by atoms with Gasteiger partial charge in [-0.3, -0.25) is 9.69 Å². The molecule has 156 valence electrons. The van der Waals surface area contributed by atoms with Gasteiger partial charge in [-0.25, -0.2) is 13.6 Å². The molecule has 29 heavy (non-hydrogen) atoms. The number of carbonyl (C=O) groups is 1. The summed E-state index contributed by atoms with van der Waals surface area (Å²) >= 11 is 0. The van der Waals surface area contributed by atoms with E-state index in [1.165, 1.54) is 12.1 Å². The number of sulfonamides is 1. The van der Waals surface area contributed by atoms with E-state index in [4.69, 9.17) is 9.88 Å². The molecule has 0 bridgehead atoms. The molecule has 0 fully saturated rings. The van der Waals surface area contributed by atoms with Gasteiger partial charge in [0.2, 0.25) is 15.9 Å². The standard InChI is InChI=1S/C21H27N3O4S/c1-16-14-24(15-18-4-2-3-5-20(18)28-16)13-11-21(25)23-12-10-17-6-8-19(9-7-17)29(22,26)27/h2-9,16H,10-15H2,1H3,(H,23,25)(H2,22,26,27). The molecule has 1 unspecified atom stereocenters. The highest BCUT2D eigenvalue weighted by Crippen LogP contribution is 2.24. The lowest BCUT2D eigenvalue weighted by Crippen LogP contribution is -2.35. The topological polar surface area (TPSA) is 102 Å². The average Bonchev–Trinajstić information content (AvgIpc) is 2.83. The summed E-state index contributed by atoms with van der Waals surface area (Å²) in [6, 6.07) is 14.4. The van der Waals surface area contributed by atoms with E-state index in [2.05, 4.69) is 16.3 Å². The Labute approximate surface area is 171 Å². The van der Waals surface area contributed by atoms with Crippen LogP contribution in [-0.2, 0) is 27.8 Å². The Balaban J connectivity index is 1.43. The number of nitrogens with one attached hydrogen (secondary N) is 1.